The average Bonchev–Trinajstić information content (AvgIpc) is 2.59. The molecule has 0 unspecified atom stereocenters. The van der Waals surface area contributed by atoms with Crippen LogP contribution < -0.4 is 4.90 Å². The largest absolute Gasteiger partial charge is 0.459 e. The van der Waals surface area contributed by atoms with Crippen molar-refractivity contribution in [3.8, 4) is 0 Å². The third-order valence-electron chi connectivity index (χ3n) is 4.54. The Kier molecular flexibility index (Phi) is 7.68. The Morgan fingerprint density at radius 2 is 1.61 bits per heavy atom. The molecule has 1 heterocycles. The molecule has 6 nitrogen and oxygen atoms in total. The summed E-state index contributed by atoms with van der Waals surface area (Å²) >= 11 is 0. The quantitative estimate of drug-likeness (QED) is 0.603. The van der Waals surface area contributed by atoms with E-state index < -0.39 is 29.2 Å². The average molecular weight is 441 g/mol. The van der Waals surface area contributed by atoms with Gasteiger partial charge in [0, 0.05) is 38.2 Å². The third-order valence-corrected chi connectivity index (χ3v) is 4.54. The van der Waals surface area contributed by atoms with Gasteiger partial charge in [0.05, 0.1) is 0 Å². The number of alkyl halides is 2. The SMILES string of the molecule is CC(C)(C)OC(=O)CN(C(=O)OC(C)(C)C)c1cccc(CN2CCC(F)(F)CC2)c1. The van der Waals surface area contributed by atoms with Gasteiger partial charge < -0.3 is 9.47 Å². The molecule has 1 saturated heterocycles. The Labute approximate surface area is 183 Å². The van der Waals surface area contributed by atoms with Crippen molar-refractivity contribution in [2.45, 2.75) is 78.1 Å². The summed E-state index contributed by atoms with van der Waals surface area (Å²) in [5.74, 6) is -3.15. The summed E-state index contributed by atoms with van der Waals surface area (Å²) in [5.41, 5.74) is -0.0743. The van der Waals surface area contributed by atoms with E-state index in [9.17, 15) is 18.4 Å². The first-order chi connectivity index (χ1) is 14.1. The first-order valence-corrected chi connectivity index (χ1v) is 10.6. The molecule has 1 amide bonds. The molecule has 0 aromatic heterocycles. The molecule has 1 fully saturated rings. The van der Waals surface area contributed by atoms with Gasteiger partial charge in [-0.25, -0.2) is 13.6 Å². The van der Waals surface area contributed by atoms with Crippen molar-refractivity contribution in [1.82, 2.24) is 4.90 Å². The first kappa shape index (κ1) is 25.0. The van der Waals surface area contributed by atoms with E-state index in [0.717, 1.165) is 5.56 Å². The Morgan fingerprint density at radius 1 is 1.03 bits per heavy atom. The number of anilines is 1. The molecule has 1 aliphatic rings. The molecule has 2 rings (SSSR count). The molecule has 31 heavy (non-hydrogen) atoms. The van der Waals surface area contributed by atoms with Crippen LogP contribution in [0.1, 0.15) is 59.9 Å². The molecule has 1 aromatic carbocycles. The van der Waals surface area contributed by atoms with Gasteiger partial charge in [-0.3, -0.25) is 14.6 Å². The maximum absolute atomic E-state index is 13.4. The van der Waals surface area contributed by atoms with Crippen LogP contribution in [-0.4, -0.2) is 53.7 Å². The Bertz CT molecular complexity index is 775. The zero-order valence-electron chi connectivity index (χ0n) is 19.3. The van der Waals surface area contributed by atoms with E-state index in [4.69, 9.17) is 9.47 Å². The monoisotopic (exact) mass is 440 g/mol. The minimum atomic E-state index is -2.60. The van der Waals surface area contributed by atoms with Crippen LogP contribution in [0.3, 0.4) is 0 Å². The van der Waals surface area contributed by atoms with Crippen molar-refractivity contribution in [2.75, 3.05) is 24.5 Å². The lowest BCUT2D eigenvalue weighted by atomic mass is 10.1. The molecule has 0 radical (unpaired) electrons. The van der Waals surface area contributed by atoms with Gasteiger partial charge >= 0.3 is 12.1 Å². The number of amides is 1. The highest BCUT2D eigenvalue weighted by Gasteiger charge is 2.34. The van der Waals surface area contributed by atoms with E-state index in [1.807, 2.05) is 11.0 Å². The number of hydrogen-bond donors (Lipinski definition) is 0. The lowest BCUT2D eigenvalue weighted by Crippen LogP contribution is -2.42. The number of esters is 1. The van der Waals surface area contributed by atoms with Gasteiger partial charge in [0.2, 0.25) is 0 Å². The highest BCUT2D eigenvalue weighted by atomic mass is 19.3. The van der Waals surface area contributed by atoms with Crippen LogP contribution in [0.5, 0.6) is 0 Å². The molecular weight excluding hydrogens is 406 g/mol. The topological polar surface area (TPSA) is 59.1 Å². The molecule has 0 spiro atoms. The van der Waals surface area contributed by atoms with Crippen LogP contribution in [-0.2, 0) is 20.8 Å². The number of nitrogens with zero attached hydrogens (tertiary/aromatic N) is 2. The van der Waals surface area contributed by atoms with Gasteiger partial charge in [-0.2, -0.15) is 0 Å². The second-order valence-electron chi connectivity index (χ2n) is 9.95. The molecule has 1 aliphatic heterocycles. The molecule has 0 saturated carbocycles. The van der Waals surface area contributed by atoms with Crippen molar-refractivity contribution in [3.05, 3.63) is 29.8 Å². The Hall–Kier alpha value is -2.22. The van der Waals surface area contributed by atoms with Gasteiger partial charge in [-0.15, -0.1) is 0 Å². The lowest BCUT2D eigenvalue weighted by molar-refractivity contribution is -0.153. The standard InChI is InChI=1S/C23H34F2N2O4/c1-21(2,3)30-19(28)16-27(20(29)31-22(4,5)6)18-9-7-8-17(14-18)15-26-12-10-23(24,25)11-13-26/h7-9,14H,10-13,15-16H2,1-6H3. The summed E-state index contributed by atoms with van der Waals surface area (Å²) in [6, 6.07) is 7.13. The molecule has 8 heteroatoms. The molecule has 1 aromatic rings. The first-order valence-electron chi connectivity index (χ1n) is 10.6. The molecule has 0 aliphatic carbocycles. The van der Waals surface area contributed by atoms with E-state index in [0.29, 0.717) is 25.3 Å². The van der Waals surface area contributed by atoms with Crippen LogP contribution in [0.15, 0.2) is 24.3 Å². The number of ether oxygens (including phenoxy) is 2. The predicted octanol–water partition coefficient (Wildman–Crippen LogP) is 5.00. The zero-order valence-corrected chi connectivity index (χ0v) is 19.3. The van der Waals surface area contributed by atoms with Crippen molar-refractivity contribution >= 4 is 17.7 Å². The maximum atomic E-state index is 13.4. The van der Waals surface area contributed by atoms with Crippen LogP contribution in [0.4, 0.5) is 19.3 Å². The lowest BCUT2D eigenvalue weighted by Gasteiger charge is -2.32. The fourth-order valence-corrected chi connectivity index (χ4v) is 3.20. The van der Waals surface area contributed by atoms with E-state index in [2.05, 4.69) is 0 Å². The van der Waals surface area contributed by atoms with Crippen LogP contribution >= 0.6 is 0 Å². The highest BCUT2D eigenvalue weighted by molar-refractivity contribution is 5.93. The summed E-state index contributed by atoms with van der Waals surface area (Å²) in [6.45, 7) is 11.3. The van der Waals surface area contributed by atoms with Gasteiger partial charge in [0.25, 0.3) is 5.92 Å². The number of halogens is 2. The normalized spacial score (nSPS) is 17.2. The van der Waals surface area contributed by atoms with Crippen LogP contribution in [0.2, 0.25) is 0 Å². The summed E-state index contributed by atoms with van der Waals surface area (Å²) in [5, 5.41) is 0. The van der Waals surface area contributed by atoms with Crippen LogP contribution in [0, 0.1) is 0 Å². The minimum Gasteiger partial charge on any atom is -0.459 e. The predicted molar refractivity (Wildman–Crippen MR) is 115 cm³/mol. The van der Waals surface area contributed by atoms with Crippen molar-refractivity contribution in [1.29, 1.82) is 0 Å². The molecule has 0 atom stereocenters. The number of rotatable bonds is 5. The second-order valence-corrected chi connectivity index (χ2v) is 9.95. The van der Waals surface area contributed by atoms with Crippen molar-refractivity contribution in [3.63, 3.8) is 0 Å². The van der Waals surface area contributed by atoms with E-state index in [1.165, 1.54) is 4.90 Å². The van der Waals surface area contributed by atoms with Crippen molar-refractivity contribution in [2.24, 2.45) is 0 Å². The zero-order chi connectivity index (χ0) is 23.4. The molecule has 0 N–H and O–H groups in total. The number of hydrogen-bond acceptors (Lipinski definition) is 5. The second kappa shape index (κ2) is 9.51. The molecule has 0 bridgehead atoms. The van der Waals surface area contributed by atoms with E-state index in [1.54, 1.807) is 59.7 Å². The number of benzene rings is 1. The van der Waals surface area contributed by atoms with Crippen molar-refractivity contribution < 1.29 is 27.8 Å². The number of likely N-dealkylation sites (tertiary alicyclic amines) is 1. The fourth-order valence-electron chi connectivity index (χ4n) is 3.20. The number of piperidine rings is 1. The highest BCUT2D eigenvalue weighted by Crippen LogP contribution is 2.29. The summed E-state index contributed by atoms with van der Waals surface area (Å²) < 4.78 is 37.7. The van der Waals surface area contributed by atoms with Gasteiger partial charge in [0.1, 0.15) is 17.7 Å². The van der Waals surface area contributed by atoms with E-state index in [-0.39, 0.29) is 19.4 Å². The van der Waals surface area contributed by atoms with Gasteiger partial charge in [-0.05, 0) is 59.2 Å². The number of carbonyl (C=O) groups excluding carboxylic acids is 2. The fraction of sp³-hybridized carbons (Fsp3) is 0.652. The Morgan fingerprint density at radius 3 is 2.16 bits per heavy atom. The van der Waals surface area contributed by atoms with Crippen LogP contribution in [0.25, 0.3) is 0 Å². The Balaban J connectivity index is 2.19. The third kappa shape index (κ3) is 8.81. The minimum absolute atomic E-state index is 0.157. The summed E-state index contributed by atoms with van der Waals surface area (Å²) in [6.07, 6.45) is -0.974. The van der Waals surface area contributed by atoms with E-state index >= 15 is 0 Å². The number of carbonyl (C=O) groups is 2. The maximum Gasteiger partial charge on any atom is 0.415 e. The van der Waals surface area contributed by atoms with Gasteiger partial charge in [0.15, 0.2) is 0 Å². The molecular formula is C23H34F2N2O4. The summed E-state index contributed by atoms with van der Waals surface area (Å²) in [7, 11) is 0. The van der Waals surface area contributed by atoms with Gasteiger partial charge in [-0.1, -0.05) is 12.1 Å². The smallest absolute Gasteiger partial charge is 0.415 e. The molecule has 174 valence electrons. The summed E-state index contributed by atoms with van der Waals surface area (Å²) in [4.78, 5) is 28.5.